The molecule has 3 aromatic rings. The summed E-state index contributed by atoms with van der Waals surface area (Å²) < 4.78 is 26.6. The fourth-order valence-corrected chi connectivity index (χ4v) is 3.26. The summed E-state index contributed by atoms with van der Waals surface area (Å²) in [6, 6.07) is 18.4. The number of rotatable bonds is 8. The largest absolute Gasteiger partial charge is 0.356 e. The number of carbonyl (C=O) groups is 1. The minimum atomic E-state index is -0.296. The van der Waals surface area contributed by atoms with Gasteiger partial charge < -0.3 is 5.32 Å². The molecule has 0 aliphatic carbocycles. The van der Waals surface area contributed by atoms with Gasteiger partial charge in [0.25, 0.3) is 0 Å². The molecular weight excluding hydrogens is 368 g/mol. The lowest BCUT2D eigenvalue weighted by Crippen LogP contribution is -2.26. The Morgan fingerprint density at radius 1 is 0.759 bits per heavy atom. The van der Waals surface area contributed by atoms with Gasteiger partial charge in [0.05, 0.1) is 6.42 Å². The van der Waals surface area contributed by atoms with Gasteiger partial charge in [0.15, 0.2) is 0 Å². The maximum atomic E-state index is 13.3. The predicted octanol–water partition coefficient (Wildman–Crippen LogP) is 6.15. The van der Waals surface area contributed by atoms with Crippen LogP contribution in [0, 0.1) is 11.6 Å². The molecule has 3 rings (SSSR count). The van der Waals surface area contributed by atoms with Gasteiger partial charge in [0.2, 0.25) is 5.91 Å². The maximum Gasteiger partial charge on any atom is 0.224 e. The molecule has 29 heavy (non-hydrogen) atoms. The second kappa shape index (κ2) is 9.97. The van der Waals surface area contributed by atoms with Crippen molar-refractivity contribution in [2.75, 3.05) is 6.54 Å². The van der Waals surface area contributed by atoms with Crippen LogP contribution >= 0.6 is 0 Å². The number of halogens is 2. The van der Waals surface area contributed by atoms with E-state index in [4.69, 9.17) is 0 Å². The molecule has 0 aliphatic heterocycles. The van der Waals surface area contributed by atoms with E-state index in [1.807, 2.05) is 18.2 Å². The maximum absolute atomic E-state index is 13.3. The monoisotopic (exact) mass is 393 g/mol. The van der Waals surface area contributed by atoms with Gasteiger partial charge in [0.1, 0.15) is 11.6 Å². The van der Waals surface area contributed by atoms with Gasteiger partial charge in [-0.25, -0.2) is 8.78 Å². The Hall–Kier alpha value is -3.01. The van der Waals surface area contributed by atoms with Crippen LogP contribution in [0.15, 0.2) is 66.7 Å². The topological polar surface area (TPSA) is 29.1 Å². The zero-order valence-electron chi connectivity index (χ0n) is 16.6. The summed E-state index contributed by atoms with van der Waals surface area (Å²) in [5.74, 6) is -0.618. The molecule has 0 aromatic heterocycles. The summed E-state index contributed by atoms with van der Waals surface area (Å²) in [6.07, 6.45) is 3.43. The number of hydrogen-bond acceptors (Lipinski definition) is 1. The zero-order valence-corrected chi connectivity index (χ0v) is 16.6. The molecule has 1 N–H and O–H groups in total. The summed E-state index contributed by atoms with van der Waals surface area (Å²) in [7, 11) is 0. The molecular formula is C25H25F2NO. The molecule has 0 saturated heterocycles. The zero-order chi connectivity index (χ0) is 20.6. The average molecular weight is 393 g/mol. The van der Waals surface area contributed by atoms with Crippen molar-refractivity contribution < 1.29 is 13.6 Å². The second-order valence-corrected chi connectivity index (χ2v) is 7.17. The number of benzene rings is 3. The van der Waals surface area contributed by atoms with Crippen molar-refractivity contribution >= 4 is 5.91 Å². The number of carbonyl (C=O) groups excluding carboxylic acids is 1. The van der Waals surface area contributed by atoms with Crippen LogP contribution in [0.3, 0.4) is 0 Å². The fraction of sp³-hybridized carbons (Fsp3) is 0.240. The van der Waals surface area contributed by atoms with Crippen molar-refractivity contribution in [1.29, 1.82) is 0 Å². The van der Waals surface area contributed by atoms with Crippen LogP contribution in [0.5, 0.6) is 0 Å². The van der Waals surface area contributed by atoms with E-state index in [0.29, 0.717) is 6.54 Å². The minimum absolute atomic E-state index is 0.0255. The van der Waals surface area contributed by atoms with E-state index >= 15 is 0 Å². The SMILES string of the molecule is CCCCCNC(=O)Cc1cc(-c2ccc(F)cc2)cc(-c2ccc(F)cc2)c1. The van der Waals surface area contributed by atoms with E-state index in [9.17, 15) is 13.6 Å². The Morgan fingerprint density at radius 3 is 1.76 bits per heavy atom. The molecule has 0 bridgehead atoms. The molecule has 4 heteroatoms. The van der Waals surface area contributed by atoms with Crippen molar-refractivity contribution in [3.63, 3.8) is 0 Å². The summed E-state index contributed by atoms with van der Waals surface area (Å²) in [5.41, 5.74) is 4.36. The van der Waals surface area contributed by atoms with E-state index in [2.05, 4.69) is 12.2 Å². The van der Waals surface area contributed by atoms with Gasteiger partial charge in [-0.1, -0.05) is 56.2 Å². The standard InChI is InChI=1S/C25H25F2NO/c1-2-3-4-13-28-25(29)16-18-14-21(19-5-9-23(26)10-6-19)17-22(15-18)20-7-11-24(27)12-8-20/h5-12,14-15,17H,2-4,13,16H2,1H3,(H,28,29). The molecule has 0 fully saturated rings. The normalized spacial score (nSPS) is 10.7. The Balaban J connectivity index is 1.89. The van der Waals surface area contributed by atoms with Gasteiger partial charge in [0, 0.05) is 6.54 Å². The third-order valence-electron chi connectivity index (χ3n) is 4.82. The van der Waals surface area contributed by atoms with Crippen molar-refractivity contribution in [2.24, 2.45) is 0 Å². The molecule has 0 spiro atoms. The Kier molecular flexibility index (Phi) is 7.12. The fourth-order valence-electron chi connectivity index (χ4n) is 3.26. The molecule has 0 heterocycles. The Morgan fingerprint density at radius 2 is 1.28 bits per heavy atom. The second-order valence-electron chi connectivity index (χ2n) is 7.17. The van der Waals surface area contributed by atoms with Crippen molar-refractivity contribution in [3.8, 4) is 22.3 Å². The predicted molar refractivity (Wildman–Crippen MR) is 113 cm³/mol. The highest BCUT2D eigenvalue weighted by atomic mass is 19.1. The van der Waals surface area contributed by atoms with E-state index in [0.717, 1.165) is 47.1 Å². The highest BCUT2D eigenvalue weighted by molar-refractivity contribution is 5.81. The molecule has 0 unspecified atom stereocenters. The third kappa shape index (κ3) is 5.98. The van der Waals surface area contributed by atoms with Crippen LogP contribution in [-0.2, 0) is 11.2 Å². The highest BCUT2D eigenvalue weighted by Crippen LogP contribution is 2.29. The number of nitrogens with one attached hydrogen (secondary N) is 1. The molecule has 0 aliphatic rings. The lowest BCUT2D eigenvalue weighted by molar-refractivity contribution is -0.120. The number of amides is 1. The summed E-state index contributed by atoms with van der Waals surface area (Å²) in [4.78, 5) is 12.4. The first-order valence-corrected chi connectivity index (χ1v) is 9.97. The third-order valence-corrected chi connectivity index (χ3v) is 4.82. The van der Waals surface area contributed by atoms with Gasteiger partial charge in [-0.05, 0) is 64.6 Å². The molecule has 1 amide bonds. The summed E-state index contributed by atoms with van der Waals surface area (Å²) in [5, 5.41) is 2.96. The van der Waals surface area contributed by atoms with E-state index in [1.54, 1.807) is 24.3 Å². The minimum Gasteiger partial charge on any atom is -0.356 e. The first kappa shape index (κ1) is 20.7. The van der Waals surface area contributed by atoms with Crippen LogP contribution in [0.25, 0.3) is 22.3 Å². The molecule has 0 saturated carbocycles. The molecule has 2 nitrogen and oxygen atoms in total. The van der Waals surface area contributed by atoms with Crippen LogP contribution in [0.2, 0.25) is 0 Å². The summed E-state index contributed by atoms with van der Waals surface area (Å²) >= 11 is 0. The highest BCUT2D eigenvalue weighted by Gasteiger charge is 2.09. The quantitative estimate of drug-likeness (QED) is 0.457. The van der Waals surface area contributed by atoms with Gasteiger partial charge >= 0.3 is 0 Å². The number of unbranched alkanes of at least 4 members (excludes halogenated alkanes) is 2. The van der Waals surface area contributed by atoms with Crippen molar-refractivity contribution in [3.05, 3.63) is 83.9 Å². The van der Waals surface area contributed by atoms with E-state index in [-0.39, 0.29) is 24.0 Å². The molecule has 3 aromatic carbocycles. The van der Waals surface area contributed by atoms with Crippen molar-refractivity contribution in [1.82, 2.24) is 5.32 Å². The van der Waals surface area contributed by atoms with Crippen LogP contribution in [-0.4, -0.2) is 12.5 Å². The molecule has 0 radical (unpaired) electrons. The lowest BCUT2D eigenvalue weighted by Gasteiger charge is -2.11. The van der Waals surface area contributed by atoms with Crippen LogP contribution in [0.4, 0.5) is 8.78 Å². The first-order chi connectivity index (χ1) is 14.0. The Labute approximate surface area is 170 Å². The number of hydrogen-bond donors (Lipinski definition) is 1. The first-order valence-electron chi connectivity index (χ1n) is 9.97. The Bertz CT molecular complexity index is 886. The molecule has 150 valence electrons. The van der Waals surface area contributed by atoms with Gasteiger partial charge in [-0.3, -0.25) is 4.79 Å². The van der Waals surface area contributed by atoms with E-state index < -0.39 is 0 Å². The average Bonchev–Trinajstić information content (AvgIpc) is 2.72. The van der Waals surface area contributed by atoms with Crippen molar-refractivity contribution in [2.45, 2.75) is 32.6 Å². The van der Waals surface area contributed by atoms with Crippen LogP contribution in [0.1, 0.15) is 31.7 Å². The van der Waals surface area contributed by atoms with Gasteiger partial charge in [-0.2, -0.15) is 0 Å². The molecule has 0 atom stereocenters. The smallest absolute Gasteiger partial charge is 0.224 e. The van der Waals surface area contributed by atoms with Crippen LogP contribution < -0.4 is 5.32 Å². The lowest BCUT2D eigenvalue weighted by atomic mass is 9.95. The van der Waals surface area contributed by atoms with Gasteiger partial charge in [-0.15, -0.1) is 0 Å². The summed E-state index contributed by atoms with van der Waals surface area (Å²) in [6.45, 7) is 2.80. The van der Waals surface area contributed by atoms with E-state index in [1.165, 1.54) is 24.3 Å².